The summed E-state index contributed by atoms with van der Waals surface area (Å²) < 4.78 is 7.07. The number of aromatic nitrogens is 1. The number of fused-ring (bicyclic) bond motifs is 1. The molecule has 8 nitrogen and oxygen atoms in total. The van der Waals surface area contributed by atoms with E-state index < -0.39 is 6.09 Å². The summed E-state index contributed by atoms with van der Waals surface area (Å²) in [5.74, 6) is 0.759. The average molecular weight is 376 g/mol. The highest BCUT2D eigenvalue weighted by molar-refractivity contribution is 7.16. The molecule has 3 amide bonds. The maximum atomic E-state index is 12.3. The van der Waals surface area contributed by atoms with Gasteiger partial charge in [0.2, 0.25) is 0 Å². The van der Waals surface area contributed by atoms with Crippen LogP contribution >= 0.6 is 11.3 Å². The molecule has 0 unspecified atom stereocenters. The van der Waals surface area contributed by atoms with Gasteiger partial charge in [0.25, 0.3) is 0 Å². The SMILES string of the molecule is O=C(O)N1CCC(NC(=O)N2CC(Oc3cccc4scnc34)C2)CC1. The van der Waals surface area contributed by atoms with E-state index in [-0.39, 0.29) is 18.2 Å². The third-order valence-electron chi connectivity index (χ3n) is 4.85. The number of carboxylic acid groups (broad SMARTS) is 1. The predicted octanol–water partition coefficient (Wildman–Crippen LogP) is 2.21. The summed E-state index contributed by atoms with van der Waals surface area (Å²) in [6.45, 7) is 2.01. The van der Waals surface area contributed by atoms with Gasteiger partial charge in [0.1, 0.15) is 17.4 Å². The second kappa shape index (κ2) is 6.99. The van der Waals surface area contributed by atoms with E-state index in [1.807, 2.05) is 18.2 Å². The largest absolute Gasteiger partial charge is 0.484 e. The number of likely N-dealkylation sites (tertiary alicyclic amines) is 2. The number of benzene rings is 1. The Morgan fingerprint density at radius 2 is 2.00 bits per heavy atom. The number of hydrogen-bond acceptors (Lipinski definition) is 5. The Hall–Kier alpha value is -2.55. The molecule has 0 bridgehead atoms. The molecule has 2 fully saturated rings. The summed E-state index contributed by atoms with van der Waals surface area (Å²) >= 11 is 1.58. The van der Waals surface area contributed by atoms with E-state index in [4.69, 9.17) is 9.84 Å². The van der Waals surface area contributed by atoms with Gasteiger partial charge in [-0.1, -0.05) is 6.07 Å². The Labute approximate surface area is 154 Å². The van der Waals surface area contributed by atoms with Crippen LogP contribution in [0.1, 0.15) is 12.8 Å². The molecule has 0 saturated carbocycles. The Morgan fingerprint density at radius 1 is 1.23 bits per heavy atom. The predicted molar refractivity (Wildman–Crippen MR) is 96.8 cm³/mol. The molecule has 0 spiro atoms. The molecule has 1 aromatic heterocycles. The average Bonchev–Trinajstić information content (AvgIpc) is 3.07. The summed E-state index contributed by atoms with van der Waals surface area (Å²) in [6, 6.07) is 5.78. The molecule has 138 valence electrons. The van der Waals surface area contributed by atoms with Crippen molar-refractivity contribution in [3.8, 4) is 5.75 Å². The summed E-state index contributed by atoms with van der Waals surface area (Å²) in [7, 11) is 0. The van der Waals surface area contributed by atoms with Crippen LogP contribution in [0.15, 0.2) is 23.7 Å². The van der Waals surface area contributed by atoms with Crippen molar-refractivity contribution in [3.63, 3.8) is 0 Å². The Bertz CT molecular complexity index is 812. The van der Waals surface area contributed by atoms with Crippen LogP contribution in [-0.4, -0.2) is 70.3 Å². The Kier molecular flexibility index (Phi) is 4.54. The standard InChI is InChI=1S/C17H20N4O4S/c22-16(19-11-4-6-20(7-5-11)17(23)24)21-8-12(9-21)25-13-2-1-3-14-15(13)18-10-26-14/h1-3,10-12H,4-9H2,(H,19,22)(H,23,24). The molecule has 3 heterocycles. The van der Waals surface area contributed by atoms with Crippen LogP contribution in [0.5, 0.6) is 5.75 Å². The number of nitrogens with one attached hydrogen (secondary N) is 1. The number of thiazole rings is 1. The van der Waals surface area contributed by atoms with Gasteiger partial charge < -0.3 is 25.0 Å². The lowest BCUT2D eigenvalue weighted by molar-refractivity contribution is 0.0432. The minimum absolute atomic E-state index is 0.0260. The maximum absolute atomic E-state index is 12.3. The van der Waals surface area contributed by atoms with Gasteiger partial charge in [-0.2, -0.15) is 0 Å². The van der Waals surface area contributed by atoms with Crippen LogP contribution in [0.25, 0.3) is 10.2 Å². The van der Waals surface area contributed by atoms with Crippen LogP contribution in [-0.2, 0) is 0 Å². The van der Waals surface area contributed by atoms with Crippen molar-refractivity contribution in [1.29, 1.82) is 0 Å². The van der Waals surface area contributed by atoms with Crippen molar-refractivity contribution in [2.75, 3.05) is 26.2 Å². The Balaban J connectivity index is 1.24. The topological polar surface area (TPSA) is 95.0 Å². The van der Waals surface area contributed by atoms with E-state index in [0.717, 1.165) is 16.0 Å². The van der Waals surface area contributed by atoms with Crippen molar-refractivity contribution < 1.29 is 19.4 Å². The minimum atomic E-state index is -0.896. The number of piperidine rings is 1. The number of rotatable bonds is 3. The first kappa shape index (κ1) is 16.9. The second-order valence-electron chi connectivity index (χ2n) is 6.59. The van der Waals surface area contributed by atoms with Crippen molar-refractivity contribution in [2.45, 2.75) is 25.0 Å². The first-order valence-corrected chi connectivity index (χ1v) is 9.50. The quantitative estimate of drug-likeness (QED) is 0.856. The zero-order valence-corrected chi connectivity index (χ0v) is 14.9. The van der Waals surface area contributed by atoms with E-state index in [1.54, 1.807) is 21.7 Å². The maximum Gasteiger partial charge on any atom is 0.407 e. The molecule has 2 N–H and O–H groups in total. The number of urea groups is 1. The second-order valence-corrected chi connectivity index (χ2v) is 7.48. The smallest absolute Gasteiger partial charge is 0.407 e. The molecule has 1 aromatic carbocycles. The number of ether oxygens (including phenoxy) is 1. The van der Waals surface area contributed by atoms with Gasteiger partial charge in [-0.25, -0.2) is 14.6 Å². The summed E-state index contributed by atoms with van der Waals surface area (Å²) in [4.78, 5) is 30.6. The summed E-state index contributed by atoms with van der Waals surface area (Å²) in [6.07, 6.45) is 0.379. The van der Waals surface area contributed by atoms with Crippen molar-refractivity contribution in [3.05, 3.63) is 23.7 Å². The van der Waals surface area contributed by atoms with Gasteiger partial charge in [-0.15, -0.1) is 11.3 Å². The molecule has 26 heavy (non-hydrogen) atoms. The minimum Gasteiger partial charge on any atom is -0.484 e. The zero-order chi connectivity index (χ0) is 18.1. The third-order valence-corrected chi connectivity index (χ3v) is 5.64. The molecule has 9 heteroatoms. The number of amides is 3. The summed E-state index contributed by atoms with van der Waals surface area (Å²) in [5, 5.41) is 11.9. The monoisotopic (exact) mass is 376 g/mol. The normalized spacial score (nSPS) is 18.6. The van der Waals surface area contributed by atoms with Gasteiger partial charge in [0.05, 0.1) is 23.3 Å². The lowest BCUT2D eigenvalue weighted by Gasteiger charge is -2.40. The van der Waals surface area contributed by atoms with Crippen molar-refractivity contribution in [2.24, 2.45) is 0 Å². The van der Waals surface area contributed by atoms with Crippen molar-refractivity contribution >= 4 is 33.7 Å². The molecule has 2 aromatic rings. The highest BCUT2D eigenvalue weighted by Gasteiger charge is 2.34. The number of carbonyl (C=O) groups excluding carboxylic acids is 1. The van der Waals surface area contributed by atoms with Crippen LogP contribution in [0.2, 0.25) is 0 Å². The van der Waals surface area contributed by atoms with E-state index in [1.165, 1.54) is 4.90 Å². The van der Waals surface area contributed by atoms with Crippen LogP contribution in [0.3, 0.4) is 0 Å². The van der Waals surface area contributed by atoms with Crippen LogP contribution in [0, 0.1) is 0 Å². The van der Waals surface area contributed by atoms with Gasteiger partial charge in [-0.3, -0.25) is 0 Å². The fraction of sp³-hybridized carbons (Fsp3) is 0.471. The number of para-hydroxylation sites is 1. The van der Waals surface area contributed by atoms with Gasteiger partial charge in [0.15, 0.2) is 0 Å². The molecule has 2 aliphatic heterocycles. The van der Waals surface area contributed by atoms with Gasteiger partial charge in [0, 0.05) is 19.1 Å². The van der Waals surface area contributed by atoms with E-state index >= 15 is 0 Å². The molecule has 2 saturated heterocycles. The molecule has 0 aliphatic carbocycles. The number of hydrogen-bond donors (Lipinski definition) is 2. The highest BCUT2D eigenvalue weighted by atomic mass is 32.1. The Morgan fingerprint density at radius 3 is 2.73 bits per heavy atom. The third kappa shape index (κ3) is 3.39. The lowest BCUT2D eigenvalue weighted by Crippen LogP contribution is -2.60. The molecule has 4 rings (SSSR count). The fourth-order valence-electron chi connectivity index (χ4n) is 3.29. The van der Waals surface area contributed by atoms with E-state index in [2.05, 4.69) is 10.3 Å². The first-order chi connectivity index (χ1) is 12.6. The fourth-order valence-corrected chi connectivity index (χ4v) is 3.99. The number of nitrogens with zero attached hydrogens (tertiary/aromatic N) is 3. The van der Waals surface area contributed by atoms with Crippen LogP contribution in [0.4, 0.5) is 9.59 Å². The lowest BCUT2D eigenvalue weighted by atomic mass is 10.1. The summed E-state index contributed by atoms with van der Waals surface area (Å²) in [5.41, 5.74) is 2.67. The molecular formula is C17H20N4O4S. The molecular weight excluding hydrogens is 356 g/mol. The van der Waals surface area contributed by atoms with E-state index in [9.17, 15) is 9.59 Å². The van der Waals surface area contributed by atoms with Gasteiger partial charge in [-0.05, 0) is 25.0 Å². The molecule has 2 aliphatic rings. The van der Waals surface area contributed by atoms with Gasteiger partial charge >= 0.3 is 12.1 Å². The highest BCUT2D eigenvalue weighted by Crippen LogP contribution is 2.29. The zero-order valence-electron chi connectivity index (χ0n) is 14.1. The van der Waals surface area contributed by atoms with Crippen molar-refractivity contribution in [1.82, 2.24) is 20.1 Å². The van der Waals surface area contributed by atoms with E-state index in [0.29, 0.717) is 39.0 Å². The molecule has 0 radical (unpaired) electrons. The van der Waals surface area contributed by atoms with Crippen LogP contribution < -0.4 is 10.1 Å². The first-order valence-electron chi connectivity index (χ1n) is 8.62. The molecule has 0 atom stereocenters. The number of carbonyl (C=O) groups is 2.